The van der Waals surface area contributed by atoms with Crippen LogP contribution >= 0.6 is 0 Å². The molecule has 0 aromatic heterocycles. The van der Waals surface area contributed by atoms with E-state index >= 15 is 0 Å². The van der Waals surface area contributed by atoms with Crippen molar-refractivity contribution in [2.45, 2.75) is 19.4 Å². The van der Waals surface area contributed by atoms with E-state index in [2.05, 4.69) is 6.92 Å². The third-order valence-corrected chi connectivity index (χ3v) is 3.06. The molecule has 0 bridgehead atoms. The monoisotopic (exact) mass is 259 g/mol. The van der Waals surface area contributed by atoms with E-state index in [0.29, 0.717) is 6.54 Å². The number of rotatable bonds is 5. The van der Waals surface area contributed by atoms with E-state index in [1.165, 1.54) is 12.1 Å². The molecule has 0 heterocycles. The van der Waals surface area contributed by atoms with Crippen molar-refractivity contribution in [1.82, 2.24) is 0 Å². The Hall–Kier alpha value is -1.87. The highest BCUT2D eigenvalue weighted by molar-refractivity contribution is 5.34. The highest BCUT2D eigenvalue weighted by Crippen LogP contribution is 2.25. The van der Waals surface area contributed by atoms with Gasteiger partial charge in [0.15, 0.2) is 0 Å². The van der Waals surface area contributed by atoms with Crippen LogP contribution in [-0.4, -0.2) is 6.54 Å². The zero-order valence-corrected chi connectivity index (χ0v) is 11.0. The molecule has 0 saturated carbocycles. The Bertz CT molecular complexity index is 542. The Morgan fingerprint density at radius 1 is 1.16 bits per heavy atom. The van der Waals surface area contributed by atoms with Crippen LogP contribution in [0.4, 0.5) is 4.39 Å². The number of ether oxygens (including phenoxy) is 1. The molecule has 0 amide bonds. The van der Waals surface area contributed by atoms with Gasteiger partial charge in [-0.25, -0.2) is 4.39 Å². The van der Waals surface area contributed by atoms with Gasteiger partial charge in [0.05, 0.1) is 0 Å². The molecule has 2 nitrogen and oxygen atoms in total. The SMILES string of the molecule is CCc1ccccc1OC(CN)c1cccc(F)c1. The molecule has 19 heavy (non-hydrogen) atoms. The number of para-hydroxylation sites is 1. The van der Waals surface area contributed by atoms with Crippen LogP contribution in [0.5, 0.6) is 5.75 Å². The van der Waals surface area contributed by atoms with Gasteiger partial charge in [-0.1, -0.05) is 37.3 Å². The predicted octanol–water partition coefficient (Wildman–Crippen LogP) is 3.47. The molecule has 0 fully saturated rings. The van der Waals surface area contributed by atoms with Gasteiger partial charge in [-0.05, 0) is 35.7 Å². The smallest absolute Gasteiger partial charge is 0.136 e. The Labute approximate surface area is 113 Å². The molecule has 2 N–H and O–H groups in total. The van der Waals surface area contributed by atoms with Gasteiger partial charge in [-0.15, -0.1) is 0 Å². The highest BCUT2D eigenvalue weighted by atomic mass is 19.1. The second-order valence-corrected chi connectivity index (χ2v) is 4.36. The van der Waals surface area contributed by atoms with Gasteiger partial charge in [0.25, 0.3) is 0 Å². The minimum absolute atomic E-state index is 0.275. The molecule has 2 aromatic rings. The first-order valence-electron chi connectivity index (χ1n) is 6.44. The van der Waals surface area contributed by atoms with Crippen molar-refractivity contribution in [2.24, 2.45) is 5.73 Å². The maximum absolute atomic E-state index is 13.3. The van der Waals surface area contributed by atoms with E-state index in [1.807, 2.05) is 30.3 Å². The van der Waals surface area contributed by atoms with E-state index in [1.54, 1.807) is 6.07 Å². The lowest BCUT2D eigenvalue weighted by Gasteiger charge is -2.19. The summed E-state index contributed by atoms with van der Waals surface area (Å²) in [6.45, 7) is 2.38. The van der Waals surface area contributed by atoms with Crippen LogP contribution < -0.4 is 10.5 Å². The lowest BCUT2D eigenvalue weighted by molar-refractivity contribution is 0.211. The Balaban J connectivity index is 2.24. The Kier molecular flexibility index (Phi) is 4.53. The fraction of sp³-hybridized carbons (Fsp3) is 0.250. The lowest BCUT2D eigenvalue weighted by atomic mass is 10.1. The zero-order chi connectivity index (χ0) is 13.7. The Morgan fingerprint density at radius 2 is 1.95 bits per heavy atom. The molecule has 1 atom stereocenters. The van der Waals surface area contributed by atoms with E-state index < -0.39 is 0 Å². The van der Waals surface area contributed by atoms with Crippen molar-refractivity contribution in [3.8, 4) is 5.75 Å². The lowest BCUT2D eigenvalue weighted by Crippen LogP contribution is -2.19. The zero-order valence-electron chi connectivity index (χ0n) is 11.0. The maximum Gasteiger partial charge on any atom is 0.136 e. The molecule has 0 saturated heterocycles. The fourth-order valence-electron chi connectivity index (χ4n) is 2.02. The summed E-state index contributed by atoms with van der Waals surface area (Å²) in [5, 5.41) is 0. The number of benzene rings is 2. The van der Waals surface area contributed by atoms with Crippen LogP contribution in [0.25, 0.3) is 0 Å². The predicted molar refractivity (Wildman–Crippen MR) is 74.6 cm³/mol. The normalized spacial score (nSPS) is 12.2. The fourth-order valence-corrected chi connectivity index (χ4v) is 2.02. The van der Waals surface area contributed by atoms with Crippen molar-refractivity contribution >= 4 is 0 Å². The standard InChI is InChI=1S/C16H18FNO/c1-2-12-6-3-4-9-15(12)19-16(11-18)13-7-5-8-14(17)10-13/h3-10,16H,2,11,18H2,1H3. The van der Waals surface area contributed by atoms with Crippen LogP contribution in [-0.2, 0) is 6.42 Å². The summed E-state index contributed by atoms with van der Waals surface area (Å²) in [6, 6.07) is 14.2. The summed E-state index contributed by atoms with van der Waals surface area (Å²) in [7, 11) is 0. The summed E-state index contributed by atoms with van der Waals surface area (Å²) >= 11 is 0. The summed E-state index contributed by atoms with van der Waals surface area (Å²) in [5.41, 5.74) is 7.63. The minimum atomic E-state index is -0.330. The summed E-state index contributed by atoms with van der Waals surface area (Å²) < 4.78 is 19.2. The van der Waals surface area contributed by atoms with Gasteiger partial charge in [0.2, 0.25) is 0 Å². The quantitative estimate of drug-likeness (QED) is 0.892. The molecular formula is C16H18FNO. The van der Waals surface area contributed by atoms with Crippen LogP contribution in [0.2, 0.25) is 0 Å². The molecule has 2 rings (SSSR count). The summed E-state index contributed by atoms with van der Waals surface area (Å²) in [5.74, 6) is 0.535. The molecule has 0 radical (unpaired) electrons. The van der Waals surface area contributed by atoms with Crippen molar-refractivity contribution in [1.29, 1.82) is 0 Å². The van der Waals surface area contributed by atoms with Crippen molar-refractivity contribution in [2.75, 3.05) is 6.54 Å². The number of halogens is 1. The van der Waals surface area contributed by atoms with Gasteiger partial charge in [0.1, 0.15) is 17.7 Å². The molecule has 0 aliphatic carbocycles. The number of hydrogen-bond acceptors (Lipinski definition) is 2. The molecule has 3 heteroatoms. The molecule has 100 valence electrons. The number of nitrogens with two attached hydrogens (primary N) is 1. The maximum atomic E-state index is 13.3. The van der Waals surface area contributed by atoms with Crippen molar-refractivity contribution < 1.29 is 9.13 Å². The summed E-state index contributed by atoms with van der Waals surface area (Å²) in [4.78, 5) is 0. The first kappa shape index (κ1) is 13.6. The van der Waals surface area contributed by atoms with Crippen molar-refractivity contribution in [3.63, 3.8) is 0 Å². The van der Waals surface area contributed by atoms with Gasteiger partial charge >= 0.3 is 0 Å². The van der Waals surface area contributed by atoms with Crippen LogP contribution in [0.3, 0.4) is 0 Å². The Morgan fingerprint density at radius 3 is 2.63 bits per heavy atom. The topological polar surface area (TPSA) is 35.2 Å². The van der Waals surface area contributed by atoms with Gasteiger partial charge in [0, 0.05) is 6.54 Å². The third kappa shape index (κ3) is 3.32. The third-order valence-electron chi connectivity index (χ3n) is 3.06. The van der Waals surface area contributed by atoms with E-state index in [9.17, 15) is 4.39 Å². The average Bonchev–Trinajstić information content (AvgIpc) is 2.45. The van der Waals surface area contributed by atoms with Gasteiger partial charge < -0.3 is 10.5 Å². The van der Waals surface area contributed by atoms with E-state index in [0.717, 1.165) is 23.3 Å². The largest absolute Gasteiger partial charge is 0.484 e. The number of hydrogen-bond donors (Lipinski definition) is 1. The molecular weight excluding hydrogens is 241 g/mol. The van der Waals surface area contributed by atoms with E-state index in [4.69, 9.17) is 10.5 Å². The number of aryl methyl sites for hydroxylation is 1. The van der Waals surface area contributed by atoms with Crippen molar-refractivity contribution in [3.05, 3.63) is 65.5 Å². The van der Waals surface area contributed by atoms with E-state index in [-0.39, 0.29) is 11.9 Å². The van der Waals surface area contributed by atoms with Gasteiger partial charge in [-0.3, -0.25) is 0 Å². The molecule has 1 unspecified atom stereocenters. The molecule has 0 spiro atoms. The highest BCUT2D eigenvalue weighted by Gasteiger charge is 2.13. The first-order chi connectivity index (χ1) is 9.24. The van der Waals surface area contributed by atoms with Crippen LogP contribution in [0, 0.1) is 5.82 Å². The average molecular weight is 259 g/mol. The minimum Gasteiger partial charge on any atom is -0.484 e. The summed E-state index contributed by atoms with van der Waals surface area (Å²) in [6.07, 6.45) is 0.555. The second kappa shape index (κ2) is 6.34. The second-order valence-electron chi connectivity index (χ2n) is 4.36. The molecule has 0 aliphatic heterocycles. The van der Waals surface area contributed by atoms with Crippen LogP contribution in [0.15, 0.2) is 48.5 Å². The first-order valence-corrected chi connectivity index (χ1v) is 6.44. The molecule has 0 aliphatic rings. The van der Waals surface area contributed by atoms with Crippen LogP contribution in [0.1, 0.15) is 24.2 Å². The van der Waals surface area contributed by atoms with Gasteiger partial charge in [-0.2, -0.15) is 0 Å². The molecule has 2 aromatic carbocycles.